The van der Waals surface area contributed by atoms with Crippen LogP contribution < -0.4 is 5.32 Å². The van der Waals surface area contributed by atoms with Crippen molar-refractivity contribution in [3.05, 3.63) is 54.1 Å². The van der Waals surface area contributed by atoms with Crippen LogP contribution in [-0.4, -0.2) is 72.4 Å². The second-order valence-electron chi connectivity index (χ2n) is 11.4. The van der Waals surface area contributed by atoms with Crippen molar-refractivity contribution >= 4 is 11.6 Å². The molecule has 5 rings (SSSR count). The second-order valence-corrected chi connectivity index (χ2v) is 11.4. The third-order valence-corrected chi connectivity index (χ3v) is 8.77. The Labute approximate surface area is 223 Å². The normalized spacial score (nSPS) is 22.6. The average Bonchev–Trinajstić information content (AvgIpc) is 2.89. The molecule has 2 saturated heterocycles. The number of alkyl halides is 3. The standard InChI is InChI=1S/C30H38F3N3O2/c31-30(32,33)29(14-2-15-29)21-35-17-12-22(13-18-35)19-34-26-10-8-24(9-11-26)23-4-6-25(7-5-23)28(38)36-16-1-3-27(37)20-36/h4-11,22,27,34,37H,1-3,12-21H2. The fraction of sp³-hybridized carbons (Fsp3) is 0.567. The Morgan fingerprint density at radius 3 is 2.11 bits per heavy atom. The van der Waals surface area contributed by atoms with Gasteiger partial charge in [-0.25, -0.2) is 0 Å². The van der Waals surface area contributed by atoms with E-state index in [1.54, 1.807) is 4.90 Å². The summed E-state index contributed by atoms with van der Waals surface area (Å²) in [6.45, 7) is 3.53. The second kappa shape index (κ2) is 11.3. The molecule has 2 aliphatic heterocycles. The number of hydrogen-bond donors (Lipinski definition) is 2. The van der Waals surface area contributed by atoms with Gasteiger partial charge in [-0.2, -0.15) is 13.2 Å². The molecule has 2 N–H and O–H groups in total. The predicted octanol–water partition coefficient (Wildman–Crippen LogP) is 5.81. The summed E-state index contributed by atoms with van der Waals surface area (Å²) in [6, 6.07) is 15.8. The van der Waals surface area contributed by atoms with Gasteiger partial charge in [-0.1, -0.05) is 30.7 Å². The molecule has 1 amide bonds. The molecule has 1 atom stereocenters. The van der Waals surface area contributed by atoms with Gasteiger partial charge >= 0.3 is 6.18 Å². The van der Waals surface area contributed by atoms with E-state index in [-0.39, 0.29) is 25.3 Å². The summed E-state index contributed by atoms with van der Waals surface area (Å²) in [5.74, 6) is 0.420. The van der Waals surface area contributed by atoms with Crippen LogP contribution in [0, 0.1) is 11.3 Å². The number of carbonyl (C=O) groups excluding carboxylic acids is 1. The summed E-state index contributed by atoms with van der Waals surface area (Å²) >= 11 is 0. The summed E-state index contributed by atoms with van der Waals surface area (Å²) in [7, 11) is 0. The Balaban J connectivity index is 1.08. The number of amides is 1. The molecule has 0 radical (unpaired) electrons. The highest BCUT2D eigenvalue weighted by atomic mass is 19.4. The first kappa shape index (κ1) is 27.0. The fourth-order valence-electron chi connectivity index (χ4n) is 6.08. The summed E-state index contributed by atoms with van der Waals surface area (Å²) in [4.78, 5) is 16.5. The molecule has 0 aromatic heterocycles. The van der Waals surface area contributed by atoms with E-state index in [2.05, 4.69) is 17.4 Å². The molecule has 3 fully saturated rings. The smallest absolute Gasteiger partial charge is 0.391 e. The number of β-amino-alcohol motifs (C(OH)–C–C–N with tert-alkyl or cyclic N) is 1. The highest BCUT2D eigenvalue weighted by molar-refractivity contribution is 5.94. The van der Waals surface area contributed by atoms with Crippen LogP contribution in [0.3, 0.4) is 0 Å². The van der Waals surface area contributed by atoms with Gasteiger partial charge in [0.15, 0.2) is 0 Å². The molecular weight excluding hydrogens is 491 g/mol. The largest absolute Gasteiger partial charge is 0.395 e. The van der Waals surface area contributed by atoms with Crippen molar-refractivity contribution in [2.45, 2.75) is 57.2 Å². The van der Waals surface area contributed by atoms with Crippen LogP contribution in [0.5, 0.6) is 0 Å². The first-order valence-corrected chi connectivity index (χ1v) is 13.9. The Morgan fingerprint density at radius 1 is 0.921 bits per heavy atom. The molecule has 206 valence electrons. The third kappa shape index (κ3) is 6.01. The molecule has 2 heterocycles. The molecular formula is C30H38F3N3O2. The number of benzene rings is 2. The minimum Gasteiger partial charge on any atom is -0.391 e. The maximum atomic E-state index is 13.5. The monoisotopic (exact) mass is 529 g/mol. The van der Waals surface area contributed by atoms with Crippen LogP contribution >= 0.6 is 0 Å². The van der Waals surface area contributed by atoms with Gasteiger partial charge in [-0.3, -0.25) is 4.79 Å². The van der Waals surface area contributed by atoms with Crippen LogP contribution in [0.15, 0.2) is 48.5 Å². The number of nitrogens with one attached hydrogen (secondary N) is 1. The lowest BCUT2D eigenvalue weighted by molar-refractivity contribution is -0.256. The molecule has 1 aliphatic carbocycles. The van der Waals surface area contributed by atoms with Gasteiger partial charge in [0.1, 0.15) is 0 Å². The highest BCUT2D eigenvalue weighted by Gasteiger charge is 2.58. The number of aliphatic hydroxyl groups is 1. The summed E-state index contributed by atoms with van der Waals surface area (Å²) < 4.78 is 40.5. The lowest BCUT2D eigenvalue weighted by atomic mass is 9.67. The third-order valence-electron chi connectivity index (χ3n) is 8.77. The number of aliphatic hydroxyl groups excluding tert-OH is 1. The number of rotatable bonds is 7. The Hall–Kier alpha value is -2.58. The zero-order chi connectivity index (χ0) is 26.8. The highest BCUT2D eigenvalue weighted by Crippen LogP contribution is 2.53. The molecule has 1 unspecified atom stereocenters. The van der Waals surface area contributed by atoms with Crippen LogP contribution in [0.2, 0.25) is 0 Å². The number of carbonyl (C=O) groups is 1. The molecule has 2 aromatic rings. The SMILES string of the molecule is O=C(c1ccc(-c2ccc(NCC3CCN(CC4(C(F)(F)F)CCC4)CC3)cc2)cc1)N1CCCC(O)C1. The minimum absolute atomic E-state index is 0.0384. The van der Waals surface area contributed by atoms with E-state index in [0.717, 1.165) is 62.1 Å². The predicted molar refractivity (Wildman–Crippen MR) is 143 cm³/mol. The summed E-state index contributed by atoms with van der Waals surface area (Å²) in [5.41, 5.74) is 2.28. The van der Waals surface area contributed by atoms with Gasteiger partial charge in [0.2, 0.25) is 0 Å². The zero-order valence-electron chi connectivity index (χ0n) is 21.8. The Kier molecular flexibility index (Phi) is 8.00. The lowest BCUT2D eigenvalue weighted by Gasteiger charge is -2.47. The molecule has 8 heteroatoms. The molecule has 0 bridgehead atoms. The molecule has 2 aromatic carbocycles. The van der Waals surface area contributed by atoms with Crippen LogP contribution in [0.4, 0.5) is 18.9 Å². The van der Waals surface area contributed by atoms with Gasteiger partial charge in [-0.15, -0.1) is 0 Å². The van der Waals surface area contributed by atoms with Crippen molar-refractivity contribution < 1.29 is 23.1 Å². The fourth-order valence-corrected chi connectivity index (χ4v) is 6.08. The van der Waals surface area contributed by atoms with E-state index in [1.165, 1.54) is 0 Å². The number of nitrogens with zero attached hydrogens (tertiary/aromatic N) is 2. The zero-order valence-corrected chi connectivity index (χ0v) is 21.8. The van der Waals surface area contributed by atoms with Crippen molar-refractivity contribution in [1.82, 2.24) is 9.80 Å². The lowest BCUT2D eigenvalue weighted by Crippen LogP contribution is -2.53. The molecule has 5 nitrogen and oxygen atoms in total. The maximum Gasteiger partial charge on any atom is 0.395 e. The number of piperidine rings is 2. The van der Waals surface area contributed by atoms with Gasteiger partial charge in [0, 0.05) is 37.4 Å². The van der Waals surface area contributed by atoms with E-state index in [4.69, 9.17) is 0 Å². The van der Waals surface area contributed by atoms with E-state index < -0.39 is 17.7 Å². The number of anilines is 1. The van der Waals surface area contributed by atoms with Crippen LogP contribution in [0.1, 0.15) is 55.3 Å². The minimum atomic E-state index is -4.09. The first-order valence-electron chi connectivity index (χ1n) is 13.9. The van der Waals surface area contributed by atoms with Gasteiger partial charge < -0.3 is 20.2 Å². The molecule has 0 spiro atoms. The van der Waals surface area contributed by atoms with Crippen LogP contribution in [-0.2, 0) is 0 Å². The van der Waals surface area contributed by atoms with E-state index in [1.807, 2.05) is 41.3 Å². The van der Waals surface area contributed by atoms with Crippen molar-refractivity contribution in [2.75, 3.05) is 44.6 Å². The summed E-state index contributed by atoms with van der Waals surface area (Å²) in [6.07, 6.45) is 0.128. The van der Waals surface area contributed by atoms with Crippen LogP contribution in [0.25, 0.3) is 11.1 Å². The average molecular weight is 530 g/mol. The van der Waals surface area contributed by atoms with Crippen molar-refractivity contribution in [1.29, 1.82) is 0 Å². The number of halogens is 3. The van der Waals surface area contributed by atoms with Crippen molar-refractivity contribution in [3.8, 4) is 11.1 Å². The number of hydrogen-bond acceptors (Lipinski definition) is 4. The van der Waals surface area contributed by atoms with Crippen molar-refractivity contribution in [3.63, 3.8) is 0 Å². The van der Waals surface area contributed by atoms with Crippen molar-refractivity contribution in [2.24, 2.45) is 11.3 Å². The van der Waals surface area contributed by atoms with Gasteiger partial charge in [0.25, 0.3) is 5.91 Å². The molecule has 38 heavy (non-hydrogen) atoms. The van der Waals surface area contributed by atoms with Gasteiger partial charge in [-0.05, 0) is 92.9 Å². The van der Waals surface area contributed by atoms with E-state index in [9.17, 15) is 23.1 Å². The first-order chi connectivity index (χ1) is 18.2. The molecule has 3 aliphatic rings. The summed E-state index contributed by atoms with van der Waals surface area (Å²) in [5, 5.41) is 13.3. The quantitative estimate of drug-likeness (QED) is 0.476. The maximum absolute atomic E-state index is 13.5. The van der Waals surface area contributed by atoms with Gasteiger partial charge in [0.05, 0.1) is 11.5 Å². The Bertz CT molecular complexity index is 1080. The van der Waals surface area contributed by atoms with E-state index in [0.29, 0.717) is 31.0 Å². The Morgan fingerprint density at radius 2 is 1.55 bits per heavy atom. The molecule has 1 saturated carbocycles. The van der Waals surface area contributed by atoms with E-state index >= 15 is 0 Å². The topological polar surface area (TPSA) is 55.8 Å². The number of likely N-dealkylation sites (tertiary alicyclic amines) is 2.